The van der Waals surface area contributed by atoms with E-state index < -0.39 is 14.9 Å². The van der Waals surface area contributed by atoms with Gasteiger partial charge in [0.15, 0.2) is 5.00 Å². The van der Waals surface area contributed by atoms with Gasteiger partial charge in [0.25, 0.3) is 10.0 Å². The molecule has 106 valence electrons. The third-order valence-electron chi connectivity index (χ3n) is 3.13. The molecule has 0 amide bonds. The van der Waals surface area contributed by atoms with Gasteiger partial charge in [-0.3, -0.25) is 10.1 Å². The SMILES string of the molecule is CC1CCCN(S(=O)(=O)c2cc([N+](=O)[O-])c(N)s2)C1. The number of thiophene rings is 1. The second kappa shape index (κ2) is 5.06. The van der Waals surface area contributed by atoms with Gasteiger partial charge in [0.05, 0.1) is 4.92 Å². The fraction of sp³-hybridized carbons (Fsp3) is 0.600. The summed E-state index contributed by atoms with van der Waals surface area (Å²) in [5.74, 6) is 0.302. The van der Waals surface area contributed by atoms with Gasteiger partial charge in [-0.15, -0.1) is 0 Å². The van der Waals surface area contributed by atoms with Gasteiger partial charge in [-0.05, 0) is 18.8 Å². The molecule has 1 unspecified atom stereocenters. The number of hydrogen-bond acceptors (Lipinski definition) is 6. The van der Waals surface area contributed by atoms with Crippen molar-refractivity contribution in [1.82, 2.24) is 4.31 Å². The number of anilines is 1. The fourth-order valence-electron chi connectivity index (χ4n) is 2.13. The fourth-order valence-corrected chi connectivity index (χ4v) is 5.10. The number of sulfonamides is 1. The first-order valence-electron chi connectivity index (χ1n) is 5.86. The molecule has 1 aliphatic rings. The lowest BCUT2D eigenvalue weighted by Crippen LogP contribution is -2.38. The van der Waals surface area contributed by atoms with Crippen molar-refractivity contribution < 1.29 is 13.3 Å². The normalized spacial score (nSPS) is 21.4. The second-order valence-corrected chi connectivity index (χ2v) is 7.93. The number of nitrogens with two attached hydrogens (primary N) is 1. The lowest BCUT2D eigenvalue weighted by atomic mass is 10.0. The van der Waals surface area contributed by atoms with Crippen molar-refractivity contribution in [3.05, 3.63) is 16.2 Å². The smallest absolute Gasteiger partial charge is 0.304 e. The summed E-state index contributed by atoms with van der Waals surface area (Å²) in [4.78, 5) is 10.1. The average Bonchev–Trinajstić information content (AvgIpc) is 2.72. The van der Waals surface area contributed by atoms with Gasteiger partial charge >= 0.3 is 5.69 Å². The van der Waals surface area contributed by atoms with Crippen LogP contribution in [0.5, 0.6) is 0 Å². The number of hydrogen-bond donors (Lipinski definition) is 1. The van der Waals surface area contributed by atoms with Gasteiger partial charge in [0, 0.05) is 19.2 Å². The topological polar surface area (TPSA) is 107 Å². The van der Waals surface area contributed by atoms with Crippen molar-refractivity contribution in [3.8, 4) is 0 Å². The zero-order valence-electron chi connectivity index (χ0n) is 10.4. The van der Waals surface area contributed by atoms with Crippen molar-refractivity contribution in [2.45, 2.75) is 24.0 Å². The first kappa shape index (κ1) is 14.2. The molecule has 0 spiro atoms. The number of piperidine rings is 1. The van der Waals surface area contributed by atoms with E-state index in [2.05, 4.69) is 0 Å². The Balaban J connectivity index is 2.34. The van der Waals surface area contributed by atoms with E-state index in [0.29, 0.717) is 19.0 Å². The predicted molar refractivity (Wildman–Crippen MR) is 72.5 cm³/mol. The Morgan fingerprint density at radius 1 is 1.58 bits per heavy atom. The van der Waals surface area contributed by atoms with Crippen LogP contribution in [0.15, 0.2) is 10.3 Å². The molecule has 7 nitrogen and oxygen atoms in total. The van der Waals surface area contributed by atoms with Gasteiger partial charge in [-0.2, -0.15) is 4.31 Å². The zero-order valence-corrected chi connectivity index (χ0v) is 12.0. The first-order valence-corrected chi connectivity index (χ1v) is 8.12. The Hall–Kier alpha value is -1.19. The quantitative estimate of drug-likeness (QED) is 0.675. The number of rotatable bonds is 3. The summed E-state index contributed by atoms with van der Waals surface area (Å²) in [6, 6.07) is 1.05. The van der Waals surface area contributed by atoms with Crippen molar-refractivity contribution in [1.29, 1.82) is 0 Å². The van der Waals surface area contributed by atoms with Crippen LogP contribution in [-0.4, -0.2) is 30.7 Å². The lowest BCUT2D eigenvalue weighted by molar-refractivity contribution is -0.383. The molecule has 1 atom stereocenters. The summed E-state index contributed by atoms with van der Waals surface area (Å²) in [7, 11) is -3.66. The maximum absolute atomic E-state index is 12.4. The molecule has 2 rings (SSSR count). The maximum Gasteiger partial charge on any atom is 0.304 e. The highest BCUT2D eigenvalue weighted by Gasteiger charge is 2.32. The van der Waals surface area contributed by atoms with Crippen molar-refractivity contribution >= 4 is 32.0 Å². The lowest BCUT2D eigenvalue weighted by Gasteiger charge is -2.29. The monoisotopic (exact) mass is 305 g/mol. The molecule has 1 fully saturated rings. The van der Waals surface area contributed by atoms with Crippen LogP contribution >= 0.6 is 11.3 Å². The molecule has 9 heteroatoms. The molecular weight excluding hydrogens is 290 g/mol. The van der Waals surface area contributed by atoms with E-state index in [1.807, 2.05) is 6.92 Å². The Labute approximate surface area is 115 Å². The highest BCUT2D eigenvalue weighted by molar-refractivity contribution is 7.91. The largest absolute Gasteiger partial charge is 0.385 e. The molecule has 19 heavy (non-hydrogen) atoms. The van der Waals surface area contributed by atoms with E-state index in [9.17, 15) is 18.5 Å². The molecule has 0 aromatic carbocycles. The Bertz CT molecular complexity index is 596. The van der Waals surface area contributed by atoms with Crippen LogP contribution < -0.4 is 5.73 Å². The van der Waals surface area contributed by atoms with Gasteiger partial charge in [0.1, 0.15) is 4.21 Å². The van der Waals surface area contributed by atoms with E-state index in [1.165, 1.54) is 4.31 Å². The zero-order chi connectivity index (χ0) is 14.2. The molecular formula is C10H15N3O4S2. The van der Waals surface area contributed by atoms with Crippen molar-refractivity contribution in [3.63, 3.8) is 0 Å². The summed E-state index contributed by atoms with van der Waals surface area (Å²) in [6.07, 6.45) is 1.81. The van der Waals surface area contributed by atoms with Gasteiger partial charge in [-0.1, -0.05) is 18.3 Å². The Kier molecular flexibility index (Phi) is 3.79. The summed E-state index contributed by atoms with van der Waals surface area (Å²) >= 11 is 0.751. The predicted octanol–water partition coefficient (Wildman–Crippen LogP) is 1.66. The maximum atomic E-state index is 12.4. The van der Waals surface area contributed by atoms with E-state index >= 15 is 0 Å². The van der Waals surface area contributed by atoms with Crippen molar-refractivity contribution in [2.24, 2.45) is 5.92 Å². The molecule has 0 saturated carbocycles. The minimum Gasteiger partial charge on any atom is -0.385 e. The second-order valence-electron chi connectivity index (χ2n) is 4.68. The van der Waals surface area contributed by atoms with E-state index in [1.54, 1.807) is 0 Å². The van der Waals surface area contributed by atoms with Crippen LogP contribution in [0.2, 0.25) is 0 Å². The van der Waals surface area contributed by atoms with Gasteiger partial charge in [-0.25, -0.2) is 8.42 Å². The molecule has 0 aliphatic carbocycles. The molecule has 1 aromatic rings. The van der Waals surface area contributed by atoms with Gasteiger partial charge in [0.2, 0.25) is 0 Å². The van der Waals surface area contributed by atoms with Crippen LogP contribution in [0, 0.1) is 16.0 Å². The van der Waals surface area contributed by atoms with Crippen molar-refractivity contribution in [2.75, 3.05) is 18.8 Å². The average molecular weight is 305 g/mol. The van der Waals surface area contributed by atoms with Crippen LogP contribution in [-0.2, 0) is 10.0 Å². The number of nitro groups is 1. The van der Waals surface area contributed by atoms with Gasteiger partial charge < -0.3 is 5.73 Å². The Morgan fingerprint density at radius 3 is 2.79 bits per heavy atom. The number of nitrogens with zero attached hydrogens (tertiary/aromatic N) is 2. The third-order valence-corrected chi connectivity index (χ3v) is 6.40. The molecule has 2 heterocycles. The summed E-state index contributed by atoms with van der Waals surface area (Å²) < 4.78 is 26.1. The van der Waals surface area contributed by atoms with E-state index in [4.69, 9.17) is 5.73 Å². The van der Waals surface area contributed by atoms with Crippen LogP contribution in [0.3, 0.4) is 0 Å². The highest BCUT2D eigenvalue weighted by Crippen LogP contribution is 2.36. The molecule has 2 N–H and O–H groups in total. The highest BCUT2D eigenvalue weighted by atomic mass is 32.2. The summed E-state index contributed by atoms with van der Waals surface area (Å²) in [6.45, 7) is 2.90. The van der Waals surface area contributed by atoms with Crippen LogP contribution in [0.25, 0.3) is 0 Å². The third kappa shape index (κ3) is 2.72. The minimum absolute atomic E-state index is 0.0502. The van der Waals surface area contributed by atoms with Crippen LogP contribution in [0.1, 0.15) is 19.8 Å². The molecule has 1 saturated heterocycles. The Morgan fingerprint density at radius 2 is 2.26 bits per heavy atom. The van der Waals surface area contributed by atoms with E-state index in [-0.39, 0.29) is 14.9 Å². The molecule has 0 radical (unpaired) electrons. The molecule has 0 bridgehead atoms. The summed E-state index contributed by atoms with van der Waals surface area (Å²) in [5, 5.41) is 10.6. The minimum atomic E-state index is -3.66. The number of nitrogen functional groups attached to an aromatic ring is 1. The first-order chi connectivity index (χ1) is 8.82. The van der Waals surface area contributed by atoms with E-state index in [0.717, 1.165) is 30.2 Å². The standard InChI is InChI=1S/C10H15N3O4S2/c1-7-3-2-4-12(6-7)19(16,17)9-5-8(13(14)15)10(11)18-9/h5,7H,2-4,6,11H2,1H3. The van der Waals surface area contributed by atoms with Crippen LogP contribution in [0.4, 0.5) is 10.7 Å². The molecule has 1 aliphatic heterocycles. The summed E-state index contributed by atoms with van der Waals surface area (Å²) in [5.41, 5.74) is 5.15. The molecule has 1 aromatic heterocycles.